The number of sulfonamides is 1. The lowest BCUT2D eigenvalue weighted by molar-refractivity contribution is -0.145. The summed E-state index contributed by atoms with van der Waals surface area (Å²) in [5.41, 5.74) is 1.15. The molecular weight excluding hydrogens is 489 g/mol. The van der Waals surface area contributed by atoms with Crippen molar-refractivity contribution in [3.8, 4) is 5.75 Å². The van der Waals surface area contributed by atoms with E-state index in [2.05, 4.69) is 25.3 Å². The van der Waals surface area contributed by atoms with E-state index in [1.54, 1.807) is 49.4 Å². The number of hydrogen-bond donors (Lipinski definition) is 3. The SMILES string of the molecule is CCOC(=O)COc1ccc(Nc2ncc(F)c(Nc3ccccc3NS(C)(=O)=O)n2)cc1.Cl. The zero-order chi connectivity index (χ0) is 23.8. The van der Waals surface area contributed by atoms with Gasteiger partial charge in [-0.05, 0) is 43.3 Å². The lowest BCUT2D eigenvalue weighted by Gasteiger charge is -2.13. The molecule has 0 saturated heterocycles. The van der Waals surface area contributed by atoms with E-state index < -0.39 is 21.8 Å². The maximum atomic E-state index is 14.3. The number of carbonyl (C=O) groups is 1. The summed E-state index contributed by atoms with van der Waals surface area (Å²) in [6.45, 7) is 1.79. The maximum Gasteiger partial charge on any atom is 0.344 e. The highest BCUT2D eigenvalue weighted by atomic mass is 35.5. The Bertz CT molecular complexity index is 1230. The molecular formula is C21H23ClFN5O5S. The van der Waals surface area contributed by atoms with E-state index in [9.17, 15) is 17.6 Å². The molecule has 0 aliphatic carbocycles. The van der Waals surface area contributed by atoms with Crippen molar-refractivity contribution in [1.29, 1.82) is 0 Å². The van der Waals surface area contributed by atoms with Crippen LogP contribution in [0.3, 0.4) is 0 Å². The van der Waals surface area contributed by atoms with Crippen LogP contribution in [-0.4, -0.2) is 43.8 Å². The predicted molar refractivity (Wildman–Crippen MR) is 129 cm³/mol. The molecule has 0 fully saturated rings. The average molecular weight is 512 g/mol. The van der Waals surface area contributed by atoms with Crippen molar-refractivity contribution >= 4 is 57.2 Å². The van der Waals surface area contributed by atoms with Gasteiger partial charge in [-0.1, -0.05) is 12.1 Å². The number of nitrogens with one attached hydrogen (secondary N) is 3. The molecule has 182 valence electrons. The summed E-state index contributed by atoms with van der Waals surface area (Å²) in [6, 6.07) is 13.0. The van der Waals surface area contributed by atoms with Gasteiger partial charge in [-0.25, -0.2) is 22.6 Å². The van der Waals surface area contributed by atoms with Crippen LogP contribution in [0.1, 0.15) is 6.92 Å². The van der Waals surface area contributed by atoms with Crippen LogP contribution in [0.2, 0.25) is 0 Å². The third-order valence-electron chi connectivity index (χ3n) is 3.99. The highest BCUT2D eigenvalue weighted by Gasteiger charge is 2.12. The van der Waals surface area contributed by atoms with E-state index in [0.717, 1.165) is 12.5 Å². The van der Waals surface area contributed by atoms with E-state index in [4.69, 9.17) is 9.47 Å². The highest BCUT2D eigenvalue weighted by Crippen LogP contribution is 2.27. The van der Waals surface area contributed by atoms with Crippen LogP contribution in [0.15, 0.2) is 54.7 Å². The van der Waals surface area contributed by atoms with Gasteiger partial charge < -0.3 is 20.1 Å². The zero-order valence-electron chi connectivity index (χ0n) is 18.2. The molecule has 1 heterocycles. The first-order valence-electron chi connectivity index (χ1n) is 9.75. The fraction of sp³-hybridized carbons (Fsp3) is 0.190. The van der Waals surface area contributed by atoms with Crippen molar-refractivity contribution < 1.29 is 27.1 Å². The molecule has 0 aliphatic rings. The quantitative estimate of drug-likeness (QED) is 0.347. The minimum atomic E-state index is -3.53. The van der Waals surface area contributed by atoms with Crippen molar-refractivity contribution in [2.45, 2.75) is 6.92 Å². The van der Waals surface area contributed by atoms with Gasteiger partial charge in [-0.15, -0.1) is 12.4 Å². The summed E-state index contributed by atoms with van der Waals surface area (Å²) in [7, 11) is -3.53. The van der Waals surface area contributed by atoms with Crippen molar-refractivity contribution in [2.75, 3.05) is 34.8 Å². The summed E-state index contributed by atoms with van der Waals surface area (Å²) < 4.78 is 50.0. The molecule has 13 heteroatoms. The lowest BCUT2D eigenvalue weighted by atomic mass is 10.2. The van der Waals surface area contributed by atoms with E-state index in [0.29, 0.717) is 17.1 Å². The third-order valence-corrected chi connectivity index (χ3v) is 4.58. The molecule has 1 aromatic heterocycles. The van der Waals surface area contributed by atoms with Crippen molar-refractivity contribution in [3.63, 3.8) is 0 Å². The summed E-state index contributed by atoms with van der Waals surface area (Å²) in [6.07, 6.45) is 2.01. The Hall–Kier alpha value is -3.64. The van der Waals surface area contributed by atoms with Crippen LogP contribution in [0.4, 0.5) is 33.2 Å². The van der Waals surface area contributed by atoms with E-state index in [-0.39, 0.29) is 43.1 Å². The third kappa shape index (κ3) is 8.05. The molecule has 0 amide bonds. The van der Waals surface area contributed by atoms with Gasteiger partial charge in [-0.2, -0.15) is 4.98 Å². The number of rotatable bonds is 10. The van der Waals surface area contributed by atoms with Crippen LogP contribution >= 0.6 is 12.4 Å². The number of ether oxygens (including phenoxy) is 2. The lowest BCUT2D eigenvalue weighted by Crippen LogP contribution is -2.14. The second kappa shape index (κ2) is 12.0. The molecule has 0 bridgehead atoms. The topological polar surface area (TPSA) is 132 Å². The van der Waals surface area contributed by atoms with Gasteiger partial charge in [0, 0.05) is 5.69 Å². The van der Waals surface area contributed by atoms with Gasteiger partial charge >= 0.3 is 5.97 Å². The van der Waals surface area contributed by atoms with Crippen LogP contribution in [-0.2, 0) is 19.6 Å². The fourth-order valence-electron chi connectivity index (χ4n) is 2.63. The Morgan fingerprint density at radius 2 is 1.74 bits per heavy atom. The Kier molecular flexibility index (Phi) is 9.39. The van der Waals surface area contributed by atoms with Gasteiger partial charge in [0.2, 0.25) is 16.0 Å². The number of para-hydroxylation sites is 2. The number of carbonyl (C=O) groups excluding carboxylic acids is 1. The van der Waals surface area contributed by atoms with Crippen LogP contribution in [0.5, 0.6) is 5.75 Å². The molecule has 0 unspecified atom stereocenters. The zero-order valence-corrected chi connectivity index (χ0v) is 19.9. The standard InChI is InChI=1S/C21H22FN5O5S.ClH/c1-3-31-19(28)13-32-15-10-8-14(9-11-15)24-21-23-12-16(22)20(26-21)25-17-6-4-5-7-18(17)27-33(2,29)30;/h4-12,27H,3,13H2,1-2H3,(H2,23,24,25,26);1H. The smallest absolute Gasteiger partial charge is 0.344 e. The monoisotopic (exact) mass is 511 g/mol. The summed E-state index contributed by atoms with van der Waals surface area (Å²) in [5, 5.41) is 5.71. The molecule has 0 atom stereocenters. The van der Waals surface area contributed by atoms with Crippen LogP contribution in [0, 0.1) is 5.82 Å². The molecule has 34 heavy (non-hydrogen) atoms. The second-order valence-corrected chi connectivity index (χ2v) is 8.43. The first-order valence-corrected chi connectivity index (χ1v) is 11.6. The molecule has 3 aromatic rings. The van der Waals surface area contributed by atoms with E-state index >= 15 is 0 Å². The number of halogens is 2. The normalized spacial score (nSPS) is 10.6. The van der Waals surface area contributed by atoms with Gasteiger partial charge in [0.25, 0.3) is 0 Å². The highest BCUT2D eigenvalue weighted by molar-refractivity contribution is 7.92. The second-order valence-electron chi connectivity index (χ2n) is 6.68. The number of esters is 1. The first-order chi connectivity index (χ1) is 15.7. The van der Waals surface area contributed by atoms with Crippen molar-refractivity contribution in [1.82, 2.24) is 9.97 Å². The molecule has 0 aliphatic heterocycles. The maximum absolute atomic E-state index is 14.3. The molecule has 10 nitrogen and oxygen atoms in total. The Balaban J connectivity index is 0.00000408. The predicted octanol–water partition coefficient (Wildman–Crippen LogP) is 3.84. The van der Waals surface area contributed by atoms with Gasteiger partial charge in [0.05, 0.1) is 30.4 Å². The number of aromatic nitrogens is 2. The van der Waals surface area contributed by atoms with Gasteiger partial charge in [-0.3, -0.25) is 4.72 Å². The fourth-order valence-corrected chi connectivity index (χ4v) is 3.21. The number of benzene rings is 2. The Morgan fingerprint density at radius 1 is 1.06 bits per heavy atom. The molecule has 0 saturated carbocycles. The molecule has 0 spiro atoms. The van der Waals surface area contributed by atoms with Gasteiger partial charge in [0.1, 0.15) is 5.75 Å². The minimum Gasteiger partial charge on any atom is -0.482 e. The molecule has 0 radical (unpaired) electrons. The summed E-state index contributed by atoms with van der Waals surface area (Å²) >= 11 is 0. The number of nitrogens with zero attached hydrogens (tertiary/aromatic N) is 2. The van der Waals surface area contributed by atoms with Crippen LogP contribution in [0.25, 0.3) is 0 Å². The molecule has 3 N–H and O–H groups in total. The van der Waals surface area contributed by atoms with Gasteiger partial charge in [0.15, 0.2) is 18.2 Å². The Labute approximate surface area is 202 Å². The van der Waals surface area contributed by atoms with E-state index in [1.165, 1.54) is 6.07 Å². The summed E-state index contributed by atoms with van der Waals surface area (Å²) in [4.78, 5) is 19.4. The van der Waals surface area contributed by atoms with Crippen molar-refractivity contribution in [2.24, 2.45) is 0 Å². The Morgan fingerprint density at radius 3 is 2.38 bits per heavy atom. The minimum absolute atomic E-state index is 0. The average Bonchev–Trinajstić information content (AvgIpc) is 2.76. The van der Waals surface area contributed by atoms with Crippen molar-refractivity contribution in [3.05, 3.63) is 60.5 Å². The molecule has 3 rings (SSSR count). The first kappa shape index (κ1) is 26.6. The van der Waals surface area contributed by atoms with E-state index in [1.807, 2.05) is 0 Å². The number of hydrogen-bond acceptors (Lipinski definition) is 9. The number of anilines is 5. The van der Waals surface area contributed by atoms with Crippen LogP contribution < -0.4 is 20.1 Å². The largest absolute Gasteiger partial charge is 0.482 e. The summed E-state index contributed by atoms with van der Waals surface area (Å²) in [5.74, 6) is -0.770. The molecule has 2 aromatic carbocycles.